The fraction of sp³-hybridized carbons (Fsp3) is 0.150. The summed E-state index contributed by atoms with van der Waals surface area (Å²) < 4.78 is 0. The first-order valence-corrected chi connectivity index (χ1v) is 8.61. The van der Waals surface area contributed by atoms with E-state index < -0.39 is 0 Å². The molecule has 0 aliphatic heterocycles. The van der Waals surface area contributed by atoms with E-state index in [0.29, 0.717) is 16.2 Å². The molecule has 0 aliphatic carbocycles. The second-order valence-corrected chi connectivity index (χ2v) is 6.59. The lowest BCUT2D eigenvalue weighted by Gasteiger charge is -2.09. The van der Waals surface area contributed by atoms with E-state index in [2.05, 4.69) is 11.1 Å². The van der Waals surface area contributed by atoms with Crippen molar-refractivity contribution in [3.05, 3.63) is 70.8 Å². The molecular weight excluding hydrogens is 316 g/mol. The van der Waals surface area contributed by atoms with Gasteiger partial charge in [-0.05, 0) is 31.0 Å². The Kier molecular flexibility index (Phi) is 4.64. The van der Waals surface area contributed by atoms with Crippen molar-refractivity contribution in [3.63, 3.8) is 0 Å². The zero-order valence-corrected chi connectivity index (χ0v) is 14.4. The van der Waals surface area contributed by atoms with Crippen LogP contribution in [0.2, 0.25) is 0 Å². The molecule has 2 aromatic carbocycles. The van der Waals surface area contributed by atoms with E-state index in [1.165, 1.54) is 11.8 Å². The molecule has 1 heterocycles. The number of hydrogen-bond donors (Lipinski definition) is 0. The van der Waals surface area contributed by atoms with Crippen molar-refractivity contribution in [1.29, 1.82) is 5.26 Å². The summed E-state index contributed by atoms with van der Waals surface area (Å²) in [4.78, 5) is 16.9. The first-order chi connectivity index (χ1) is 11.6. The van der Waals surface area contributed by atoms with Gasteiger partial charge in [0.15, 0.2) is 5.78 Å². The second kappa shape index (κ2) is 6.86. The minimum absolute atomic E-state index is 0.0346. The average molecular weight is 332 g/mol. The van der Waals surface area contributed by atoms with Gasteiger partial charge in [0.2, 0.25) is 0 Å². The number of carbonyl (C=O) groups is 1. The number of ketones is 1. The van der Waals surface area contributed by atoms with Crippen LogP contribution in [0.25, 0.3) is 10.9 Å². The summed E-state index contributed by atoms with van der Waals surface area (Å²) >= 11 is 1.32. The maximum atomic E-state index is 12.3. The van der Waals surface area contributed by atoms with Crippen LogP contribution < -0.4 is 0 Å². The van der Waals surface area contributed by atoms with E-state index in [9.17, 15) is 10.1 Å². The van der Waals surface area contributed by atoms with Gasteiger partial charge in [-0.25, -0.2) is 4.98 Å². The quantitative estimate of drug-likeness (QED) is 0.513. The van der Waals surface area contributed by atoms with Crippen molar-refractivity contribution in [2.45, 2.75) is 18.9 Å². The molecule has 0 atom stereocenters. The number of nitriles is 1. The van der Waals surface area contributed by atoms with E-state index in [1.54, 1.807) is 12.1 Å². The monoisotopic (exact) mass is 332 g/mol. The lowest BCUT2D eigenvalue weighted by atomic mass is 10.0. The number of Topliss-reactive ketones (excluding diaryl/α,β-unsaturated/α-hetero) is 1. The third-order valence-electron chi connectivity index (χ3n) is 3.93. The van der Waals surface area contributed by atoms with Crippen molar-refractivity contribution in [3.8, 4) is 6.07 Å². The molecule has 0 amide bonds. The van der Waals surface area contributed by atoms with Crippen LogP contribution in [0.1, 0.15) is 27.0 Å². The molecule has 3 rings (SSSR count). The summed E-state index contributed by atoms with van der Waals surface area (Å²) in [6, 6.07) is 17.3. The Balaban J connectivity index is 1.93. The van der Waals surface area contributed by atoms with E-state index in [0.717, 1.165) is 22.0 Å². The standard InChI is InChI=1S/C20H16N2OS/c1-13-8-9-14(2)19-17(13)10-16(11-21)20(22-19)24-12-18(23)15-6-4-3-5-7-15/h3-10H,12H2,1-2H3. The van der Waals surface area contributed by atoms with Gasteiger partial charge < -0.3 is 0 Å². The van der Waals surface area contributed by atoms with Crippen LogP contribution >= 0.6 is 11.8 Å². The molecule has 4 heteroatoms. The molecule has 1 aromatic heterocycles. The van der Waals surface area contributed by atoms with Gasteiger partial charge in [-0.15, -0.1) is 0 Å². The number of nitrogens with zero attached hydrogens (tertiary/aromatic N) is 2. The van der Waals surface area contributed by atoms with Crippen LogP contribution in [0.15, 0.2) is 53.6 Å². The maximum absolute atomic E-state index is 12.3. The zero-order chi connectivity index (χ0) is 17.1. The highest BCUT2D eigenvalue weighted by molar-refractivity contribution is 8.00. The summed E-state index contributed by atoms with van der Waals surface area (Å²) in [5.41, 5.74) is 4.25. The number of hydrogen-bond acceptors (Lipinski definition) is 4. The Morgan fingerprint density at radius 1 is 1.12 bits per heavy atom. The van der Waals surface area contributed by atoms with Crippen LogP contribution in [-0.2, 0) is 0 Å². The molecule has 24 heavy (non-hydrogen) atoms. The van der Waals surface area contributed by atoms with Crippen molar-refractivity contribution in [1.82, 2.24) is 4.98 Å². The molecule has 3 nitrogen and oxygen atoms in total. The lowest BCUT2D eigenvalue weighted by molar-refractivity contribution is 0.102. The molecular formula is C20H16N2OS. The minimum Gasteiger partial charge on any atom is -0.293 e. The van der Waals surface area contributed by atoms with Gasteiger partial charge >= 0.3 is 0 Å². The van der Waals surface area contributed by atoms with Crippen molar-refractivity contribution in [2.75, 3.05) is 5.75 Å². The minimum atomic E-state index is 0.0346. The Labute approximate surface area is 145 Å². The van der Waals surface area contributed by atoms with Crippen molar-refractivity contribution in [2.24, 2.45) is 0 Å². The topological polar surface area (TPSA) is 53.8 Å². The number of fused-ring (bicyclic) bond motifs is 1. The fourth-order valence-corrected chi connectivity index (χ4v) is 3.40. The number of thioether (sulfide) groups is 1. The molecule has 0 saturated carbocycles. The molecule has 0 radical (unpaired) electrons. The second-order valence-electron chi connectivity index (χ2n) is 5.63. The van der Waals surface area contributed by atoms with Gasteiger partial charge in [0.05, 0.1) is 16.8 Å². The first kappa shape index (κ1) is 16.2. The maximum Gasteiger partial charge on any atom is 0.173 e. The van der Waals surface area contributed by atoms with Crippen molar-refractivity contribution < 1.29 is 4.79 Å². The normalized spacial score (nSPS) is 10.5. The summed E-state index contributed by atoms with van der Waals surface area (Å²) in [6.45, 7) is 4.01. The number of aryl methyl sites for hydroxylation is 2. The Morgan fingerprint density at radius 2 is 1.83 bits per heavy atom. The van der Waals surface area contributed by atoms with E-state index in [1.807, 2.05) is 50.2 Å². The molecule has 118 valence electrons. The zero-order valence-electron chi connectivity index (χ0n) is 13.5. The van der Waals surface area contributed by atoms with E-state index >= 15 is 0 Å². The third-order valence-corrected chi connectivity index (χ3v) is 4.92. The highest BCUT2D eigenvalue weighted by Crippen LogP contribution is 2.28. The summed E-state index contributed by atoms with van der Waals surface area (Å²) in [6.07, 6.45) is 0. The smallest absolute Gasteiger partial charge is 0.173 e. The SMILES string of the molecule is Cc1ccc(C)c2nc(SCC(=O)c3ccccc3)c(C#N)cc12. The fourth-order valence-electron chi connectivity index (χ4n) is 2.55. The van der Waals surface area contributed by atoms with E-state index in [4.69, 9.17) is 0 Å². The Hall–Kier alpha value is -2.64. The van der Waals surface area contributed by atoms with Crippen LogP contribution in [0, 0.1) is 25.2 Å². The summed E-state index contributed by atoms with van der Waals surface area (Å²) in [5.74, 6) is 0.301. The van der Waals surface area contributed by atoms with Crippen LogP contribution in [-0.4, -0.2) is 16.5 Å². The van der Waals surface area contributed by atoms with Crippen LogP contribution in [0.3, 0.4) is 0 Å². The summed E-state index contributed by atoms with van der Waals surface area (Å²) in [5, 5.41) is 11.0. The van der Waals surface area contributed by atoms with Gasteiger partial charge in [-0.2, -0.15) is 5.26 Å². The Morgan fingerprint density at radius 3 is 2.54 bits per heavy atom. The molecule has 0 saturated heterocycles. The first-order valence-electron chi connectivity index (χ1n) is 7.62. The molecule has 0 unspecified atom stereocenters. The average Bonchev–Trinajstić information content (AvgIpc) is 2.63. The predicted molar refractivity (Wildman–Crippen MR) is 97.4 cm³/mol. The van der Waals surface area contributed by atoms with Crippen LogP contribution in [0.5, 0.6) is 0 Å². The molecule has 0 fully saturated rings. The largest absolute Gasteiger partial charge is 0.293 e. The van der Waals surface area contributed by atoms with Gasteiger partial charge in [-0.1, -0.05) is 54.2 Å². The molecule has 0 aliphatic rings. The molecule has 3 aromatic rings. The van der Waals surface area contributed by atoms with Crippen LogP contribution in [0.4, 0.5) is 0 Å². The number of aromatic nitrogens is 1. The Bertz CT molecular complexity index is 959. The number of rotatable bonds is 4. The lowest BCUT2D eigenvalue weighted by Crippen LogP contribution is -2.03. The number of pyridine rings is 1. The van der Waals surface area contributed by atoms with Gasteiger partial charge in [-0.3, -0.25) is 4.79 Å². The summed E-state index contributed by atoms with van der Waals surface area (Å²) in [7, 11) is 0. The van der Waals surface area contributed by atoms with E-state index in [-0.39, 0.29) is 11.5 Å². The highest BCUT2D eigenvalue weighted by atomic mass is 32.2. The third kappa shape index (κ3) is 3.17. The number of carbonyl (C=O) groups excluding carboxylic acids is 1. The molecule has 0 spiro atoms. The van der Waals surface area contributed by atoms with Gasteiger partial charge in [0, 0.05) is 10.9 Å². The number of benzene rings is 2. The van der Waals surface area contributed by atoms with Gasteiger partial charge in [0.1, 0.15) is 11.1 Å². The molecule has 0 N–H and O–H groups in total. The van der Waals surface area contributed by atoms with Gasteiger partial charge in [0.25, 0.3) is 0 Å². The van der Waals surface area contributed by atoms with Crippen molar-refractivity contribution >= 4 is 28.4 Å². The highest BCUT2D eigenvalue weighted by Gasteiger charge is 2.13. The predicted octanol–water partition coefficient (Wildman–Crippen LogP) is 4.70. The molecule has 0 bridgehead atoms.